The predicted octanol–water partition coefficient (Wildman–Crippen LogP) is 2.64. The van der Waals surface area contributed by atoms with E-state index in [9.17, 15) is 4.79 Å². The van der Waals surface area contributed by atoms with Gasteiger partial charge in [-0.2, -0.15) is 5.10 Å². The summed E-state index contributed by atoms with van der Waals surface area (Å²) < 4.78 is 3.80. The van der Waals surface area contributed by atoms with E-state index in [1.807, 2.05) is 40.6 Å². The molecule has 3 aromatic rings. The topological polar surface area (TPSA) is 77.6 Å². The van der Waals surface area contributed by atoms with Crippen molar-refractivity contribution >= 4 is 5.91 Å². The zero-order valence-corrected chi connectivity index (χ0v) is 15.9. The Bertz CT molecular complexity index is 957. The number of amides is 1. The molecular formula is C20H24N6O. The molecule has 0 aliphatic carbocycles. The maximum Gasteiger partial charge on any atom is 0.253 e. The standard InChI is InChI=1S/C20H24N6O/c1-13(2)19-23-18-7-5-15(11-26(18)24-19)22-20(27)16-10-14(3)4-6-17(16)25-9-8-21-12-25/h4,6,8-10,12-13,15H,5,7,11H2,1-3H3,(H,22,27). The van der Waals surface area contributed by atoms with Crippen molar-refractivity contribution in [2.45, 2.75) is 52.1 Å². The average Bonchev–Trinajstić information content (AvgIpc) is 3.31. The highest BCUT2D eigenvalue weighted by Crippen LogP contribution is 2.20. The summed E-state index contributed by atoms with van der Waals surface area (Å²) in [6.45, 7) is 6.84. The van der Waals surface area contributed by atoms with Crippen molar-refractivity contribution < 1.29 is 4.79 Å². The van der Waals surface area contributed by atoms with Crippen LogP contribution in [0.15, 0.2) is 36.9 Å². The lowest BCUT2D eigenvalue weighted by Crippen LogP contribution is -2.41. The monoisotopic (exact) mass is 364 g/mol. The van der Waals surface area contributed by atoms with Crippen LogP contribution in [0.2, 0.25) is 0 Å². The Balaban J connectivity index is 1.54. The minimum absolute atomic E-state index is 0.0443. The summed E-state index contributed by atoms with van der Waals surface area (Å²) in [6, 6.07) is 5.92. The third-order valence-corrected chi connectivity index (χ3v) is 4.91. The molecule has 0 fully saturated rings. The van der Waals surface area contributed by atoms with E-state index in [4.69, 9.17) is 0 Å². The molecule has 7 heteroatoms. The lowest BCUT2D eigenvalue weighted by Gasteiger charge is -2.24. The number of carbonyl (C=O) groups is 1. The maximum atomic E-state index is 13.0. The Morgan fingerprint density at radius 1 is 1.33 bits per heavy atom. The van der Waals surface area contributed by atoms with E-state index in [0.29, 0.717) is 18.0 Å². The van der Waals surface area contributed by atoms with Gasteiger partial charge in [-0.15, -0.1) is 0 Å². The highest BCUT2D eigenvalue weighted by atomic mass is 16.1. The number of aromatic nitrogens is 5. The van der Waals surface area contributed by atoms with Crippen LogP contribution in [0.4, 0.5) is 0 Å². The summed E-state index contributed by atoms with van der Waals surface area (Å²) in [5.41, 5.74) is 2.53. The number of hydrogen-bond acceptors (Lipinski definition) is 4. The quantitative estimate of drug-likeness (QED) is 0.772. The molecule has 27 heavy (non-hydrogen) atoms. The van der Waals surface area contributed by atoms with Gasteiger partial charge in [-0.05, 0) is 25.5 Å². The van der Waals surface area contributed by atoms with E-state index in [2.05, 4.69) is 34.2 Å². The van der Waals surface area contributed by atoms with Gasteiger partial charge in [0.1, 0.15) is 5.82 Å². The second-order valence-electron chi connectivity index (χ2n) is 7.42. The molecule has 4 rings (SSSR count). The van der Waals surface area contributed by atoms with Crippen LogP contribution in [0.3, 0.4) is 0 Å². The first-order chi connectivity index (χ1) is 13.0. The molecule has 0 saturated carbocycles. The number of carbonyl (C=O) groups excluding carboxylic acids is 1. The van der Waals surface area contributed by atoms with Gasteiger partial charge in [-0.25, -0.2) is 14.6 Å². The van der Waals surface area contributed by atoms with Gasteiger partial charge in [0.25, 0.3) is 5.91 Å². The smallest absolute Gasteiger partial charge is 0.253 e. The molecule has 3 heterocycles. The van der Waals surface area contributed by atoms with Gasteiger partial charge in [-0.3, -0.25) is 4.79 Å². The second kappa shape index (κ2) is 6.98. The van der Waals surface area contributed by atoms with E-state index in [-0.39, 0.29) is 11.9 Å². The summed E-state index contributed by atoms with van der Waals surface area (Å²) in [4.78, 5) is 21.7. The van der Waals surface area contributed by atoms with Gasteiger partial charge >= 0.3 is 0 Å². The number of imidazole rings is 1. The molecule has 0 bridgehead atoms. The molecule has 2 aromatic heterocycles. The largest absolute Gasteiger partial charge is 0.347 e. The van der Waals surface area contributed by atoms with Crippen LogP contribution in [0, 0.1) is 6.92 Å². The highest BCUT2D eigenvalue weighted by molar-refractivity contribution is 5.98. The van der Waals surface area contributed by atoms with Crippen LogP contribution in [-0.2, 0) is 13.0 Å². The van der Waals surface area contributed by atoms with Gasteiger partial charge in [0, 0.05) is 30.8 Å². The Kier molecular flexibility index (Phi) is 4.51. The summed E-state index contributed by atoms with van der Waals surface area (Å²) >= 11 is 0. The van der Waals surface area contributed by atoms with Crippen molar-refractivity contribution in [3.8, 4) is 5.69 Å². The first kappa shape index (κ1) is 17.5. The van der Waals surface area contributed by atoms with Crippen molar-refractivity contribution in [3.05, 3.63) is 59.7 Å². The first-order valence-corrected chi connectivity index (χ1v) is 9.34. The predicted molar refractivity (Wildman–Crippen MR) is 102 cm³/mol. The van der Waals surface area contributed by atoms with E-state index in [0.717, 1.165) is 35.7 Å². The van der Waals surface area contributed by atoms with Gasteiger partial charge in [-0.1, -0.05) is 25.5 Å². The molecule has 1 amide bonds. The Hall–Kier alpha value is -2.96. The number of hydrogen-bond donors (Lipinski definition) is 1. The Morgan fingerprint density at radius 3 is 2.93 bits per heavy atom. The number of nitrogens with one attached hydrogen (secondary N) is 1. The summed E-state index contributed by atoms with van der Waals surface area (Å²) in [5.74, 6) is 2.12. The fraction of sp³-hybridized carbons (Fsp3) is 0.400. The van der Waals surface area contributed by atoms with Gasteiger partial charge in [0.15, 0.2) is 5.82 Å². The van der Waals surface area contributed by atoms with Gasteiger partial charge in [0.2, 0.25) is 0 Å². The lowest BCUT2D eigenvalue weighted by molar-refractivity contribution is 0.0926. The molecule has 0 spiro atoms. The Morgan fingerprint density at radius 2 is 2.19 bits per heavy atom. The number of nitrogens with zero attached hydrogens (tertiary/aromatic N) is 5. The summed E-state index contributed by atoms with van der Waals surface area (Å²) in [6.07, 6.45) is 6.96. The molecule has 1 atom stereocenters. The second-order valence-corrected chi connectivity index (χ2v) is 7.42. The molecule has 140 valence electrons. The normalized spacial score (nSPS) is 16.4. The zero-order chi connectivity index (χ0) is 19.0. The molecular weight excluding hydrogens is 340 g/mol. The van der Waals surface area contributed by atoms with Crippen molar-refractivity contribution in [1.29, 1.82) is 0 Å². The SMILES string of the molecule is Cc1ccc(-n2ccnc2)c(C(=O)NC2CCc3nc(C(C)C)nn3C2)c1. The number of fused-ring (bicyclic) bond motifs is 1. The molecule has 1 N–H and O–H groups in total. The fourth-order valence-corrected chi connectivity index (χ4v) is 3.41. The van der Waals surface area contributed by atoms with Crippen molar-refractivity contribution in [2.24, 2.45) is 0 Å². The van der Waals surface area contributed by atoms with Crippen LogP contribution >= 0.6 is 0 Å². The van der Waals surface area contributed by atoms with Gasteiger partial charge in [0.05, 0.1) is 24.1 Å². The summed E-state index contributed by atoms with van der Waals surface area (Å²) in [7, 11) is 0. The van der Waals surface area contributed by atoms with Crippen LogP contribution < -0.4 is 5.32 Å². The minimum Gasteiger partial charge on any atom is -0.347 e. The Labute approximate surface area is 158 Å². The fourth-order valence-electron chi connectivity index (χ4n) is 3.41. The average molecular weight is 364 g/mol. The third-order valence-electron chi connectivity index (χ3n) is 4.91. The molecule has 7 nitrogen and oxygen atoms in total. The summed E-state index contributed by atoms with van der Waals surface area (Å²) in [5, 5.41) is 7.78. The third kappa shape index (κ3) is 3.49. The number of aryl methyl sites for hydroxylation is 2. The minimum atomic E-state index is -0.0694. The van der Waals surface area contributed by atoms with E-state index in [1.54, 1.807) is 12.5 Å². The first-order valence-electron chi connectivity index (χ1n) is 9.34. The van der Waals surface area contributed by atoms with E-state index < -0.39 is 0 Å². The van der Waals surface area contributed by atoms with Crippen molar-refractivity contribution in [1.82, 2.24) is 29.6 Å². The van der Waals surface area contributed by atoms with Crippen LogP contribution in [0.25, 0.3) is 5.69 Å². The van der Waals surface area contributed by atoms with Crippen LogP contribution in [0.1, 0.15) is 53.8 Å². The zero-order valence-electron chi connectivity index (χ0n) is 15.9. The van der Waals surface area contributed by atoms with Crippen LogP contribution in [-0.4, -0.2) is 36.3 Å². The molecule has 1 unspecified atom stereocenters. The number of benzene rings is 1. The molecule has 0 radical (unpaired) electrons. The number of rotatable bonds is 4. The van der Waals surface area contributed by atoms with Crippen LogP contribution in [0.5, 0.6) is 0 Å². The molecule has 0 saturated heterocycles. The molecule has 1 aliphatic heterocycles. The van der Waals surface area contributed by atoms with E-state index in [1.165, 1.54) is 0 Å². The maximum absolute atomic E-state index is 13.0. The van der Waals surface area contributed by atoms with Gasteiger partial charge < -0.3 is 9.88 Å². The lowest BCUT2D eigenvalue weighted by atomic mass is 10.0. The van der Waals surface area contributed by atoms with Crippen molar-refractivity contribution in [2.75, 3.05) is 0 Å². The highest BCUT2D eigenvalue weighted by Gasteiger charge is 2.25. The van der Waals surface area contributed by atoms with E-state index >= 15 is 0 Å². The van der Waals surface area contributed by atoms with Crippen molar-refractivity contribution in [3.63, 3.8) is 0 Å². The molecule has 1 aromatic carbocycles. The molecule has 1 aliphatic rings.